The smallest absolute Gasteiger partial charge is 0.221 e. The second kappa shape index (κ2) is 7.97. The van der Waals surface area contributed by atoms with Crippen LogP contribution in [0.3, 0.4) is 0 Å². The highest BCUT2D eigenvalue weighted by Gasteiger charge is 2.05. The zero-order valence-electron chi connectivity index (χ0n) is 12.9. The monoisotopic (exact) mass is 316 g/mol. The molecule has 3 nitrogen and oxygen atoms in total. The molecule has 2 aromatic carbocycles. The van der Waals surface area contributed by atoms with Crippen molar-refractivity contribution in [1.29, 1.82) is 0 Å². The van der Waals surface area contributed by atoms with Gasteiger partial charge in [0.25, 0.3) is 0 Å². The van der Waals surface area contributed by atoms with Crippen LogP contribution in [0.25, 0.3) is 0 Å². The van der Waals surface area contributed by atoms with Crippen LogP contribution in [0.5, 0.6) is 0 Å². The molecule has 1 atom stereocenters. The van der Waals surface area contributed by atoms with E-state index in [9.17, 15) is 4.79 Å². The van der Waals surface area contributed by atoms with Gasteiger partial charge >= 0.3 is 0 Å². The summed E-state index contributed by atoms with van der Waals surface area (Å²) in [5.74, 6) is 0.374. The third-order valence-corrected chi connectivity index (χ3v) is 3.74. The Morgan fingerprint density at radius 1 is 1.09 bits per heavy atom. The first kappa shape index (κ1) is 16.5. The van der Waals surface area contributed by atoms with Gasteiger partial charge in [0.05, 0.1) is 0 Å². The largest absolute Gasteiger partial charge is 0.326 e. The van der Waals surface area contributed by atoms with Crippen LogP contribution in [0.4, 0.5) is 5.69 Å². The lowest BCUT2D eigenvalue weighted by atomic mass is 10.0. The average molecular weight is 317 g/mol. The Kier molecular flexibility index (Phi) is 5.99. The van der Waals surface area contributed by atoms with E-state index in [0.29, 0.717) is 5.92 Å². The lowest BCUT2D eigenvalue weighted by Crippen LogP contribution is -2.19. The minimum absolute atomic E-state index is 0.0531. The van der Waals surface area contributed by atoms with Gasteiger partial charge in [-0.3, -0.25) is 4.79 Å². The molecule has 0 heterocycles. The Labute approximate surface area is 136 Å². The molecule has 0 fully saturated rings. The van der Waals surface area contributed by atoms with Crippen LogP contribution in [0.2, 0.25) is 5.02 Å². The van der Waals surface area contributed by atoms with Gasteiger partial charge in [0.2, 0.25) is 5.91 Å². The number of nitrogens with one attached hydrogen (secondary N) is 2. The molecule has 2 N–H and O–H groups in total. The number of benzene rings is 2. The Balaban J connectivity index is 1.80. The number of hydrogen-bond donors (Lipinski definition) is 2. The summed E-state index contributed by atoms with van der Waals surface area (Å²) >= 11 is 5.90. The van der Waals surface area contributed by atoms with Crippen molar-refractivity contribution in [3.8, 4) is 0 Å². The van der Waals surface area contributed by atoms with Gasteiger partial charge in [-0.05, 0) is 41.3 Å². The summed E-state index contributed by atoms with van der Waals surface area (Å²) in [5.41, 5.74) is 3.29. The minimum Gasteiger partial charge on any atom is -0.326 e. The number of carbonyl (C=O) groups is 1. The summed E-state index contributed by atoms with van der Waals surface area (Å²) in [6.45, 7) is 5.40. The van der Waals surface area contributed by atoms with Gasteiger partial charge in [-0.1, -0.05) is 42.8 Å². The van der Waals surface area contributed by atoms with Gasteiger partial charge in [-0.25, -0.2) is 0 Å². The second-order valence-electron chi connectivity index (χ2n) is 5.46. The number of rotatable bonds is 6. The number of anilines is 1. The quantitative estimate of drug-likeness (QED) is 0.839. The summed E-state index contributed by atoms with van der Waals surface area (Å²) < 4.78 is 0. The predicted molar refractivity (Wildman–Crippen MR) is 92.3 cm³/mol. The molecule has 0 aliphatic heterocycles. The zero-order valence-corrected chi connectivity index (χ0v) is 13.7. The van der Waals surface area contributed by atoms with E-state index in [1.165, 1.54) is 18.1 Å². The number of amides is 1. The molecule has 0 aliphatic carbocycles. The fourth-order valence-electron chi connectivity index (χ4n) is 2.25. The predicted octanol–water partition coefficient (Wildman–Crippen LogP) is 4.19. The van der Waals surface area contributed by atoms with Crippen LogP contribution in [0.15, 0.2) is 48.5 Å². The molecule has 1 unspecified atom stereocenters. The van der Waals surface area contributed by atoms with Crippen LogP contribution in [-0.4, -0.2) is 12.5 Å². The van der Waals surface area contributed by atoms with Gasteiger partial charge < -0.3 is 10.6 Å². The van der Waals surface area contributed by atoms with Gasteiger partial charge in [-0.2, -0.15) is 0 Å². The third kappa shape index (κ3) is 5.17. The Morgan fingerprint density at radius 3 is 2.32 bits per heavy atom. The van der Waals surface area contributed by atoms with Crippen LogP contribution in [0.1, 0.15) is 30.9 Å². The molecule has 2 aromatic rings. The molecule has 0 saturated heterocycles. The van der Waals surface area contributed by atoms with Gasteiger partial charge in [0.15, 0.2) is 0 Å². The molecular formula is C18H21ClN2O. The minimum atomic E-state index is -0.0531. The third-order valence-electron chi connectivity index (χ3n) is 3.49. The standard InChI is InChI=1S/C18H21ClN2O/c1-13(16-5-7-17(19)8-6-16)11-20-12-15-3-9-18(10-4-15)21-14(2)22/h3-10,13,20H,11-12H2,1-2H3,(H,21,22). The lowest BCUT2D eigenvalue weighted by Gasteiger charge is -2.13. The fourth-order valence-corrected chi connectivity index (χ4v) is 2.38. The van der Waals surface area contributed by atoms with E-state index in [2.05, 4.69) is 29.7 Å². The van der Waals surface area contributed by atoms with E-state index < -0.39 is 0 Å². The highest BCUT2D eigenvalue weighted by atomic mass is 35.5. The molecule has 0 saturated carbocycles. The van der Waals surface area contributed by atoms with Gasteiger partial charge in [0.1, 0.15) is 0 Å². The second-order valence-corrected chi connectivity index (χ2v) is 5.90. The van der Waals surface area contributed by atoms with Crippen molar-refractivity contribution >= 4 is 23.2 Å². The Morgan fingerprint density at radius 2 is 1.73 bits per heavy atom. The topological polar surface area (TPSA) is 41.1 Å². The van der Waals surface area contributed by atoms with Crippen LogP contribution in [0, 0.1) is 0 Å². The molecule has 0 bridgehead atoms. The summed E-state index contributed by atoms with van der Waals surface area (Å²) in [6.07, 6.45) is 0. The SMILES string of the molecule is CC(=O)Nc1ccc(CNCC(C)c2ccc(Cl)cc2)cc1. The summed E-state index contributed by atoms with van der Waals surface area (Å²) in [7, 11) is 0. The summed E-state index contributed by atoms with van der Waals surface area (Å²) in [6, 6.07) is 15.9. The van der Waals surface area contributed by atoms with E-state index in [1.807, 2.05) is 36.4 Å². The van der Waals surface area contributed by atoms with E-state index in [0.717, 1.165) is 23.8 Å². The van der Waals surface area contributed by atoms with Crippen molar-refractivity contribution in [1.82, 2.24) is 5.32 Å². The van der Waals surface area contributed by atoms with Crippen molar-refractivity contribution < 1.29 is 4.79 Å². The average Bonchev–Trinajstić information content (AvgIpc) is 2.49. The molecule has 0 aliphatic rings. The molecule has 0 radical (unpaired) electrons. The highest BCUT2D eigenvalue weighted by Crippen LogP contribution is 2.17. The maximum atomic E-state index is 11.0. The first-order chi connectivity index (χ1) is 10.5. The number of hydrogen-bond acceptors (Lipinski definition) is 2. The van der Waals surface area contributed by atoms with E-state index >= 15 is 0 Å². The lowest BCUT2D eigenvalue weighted by molar-refractivity contribution is -0.114. The summed E-state index contributed by atoms with van der Waals surface area (Å²) in [5, 5.41) is 6.98. The Hall–Kier alpha value is -1.84. The Bertz CT molecular complexity index is 608. The van der Waals surface area contributed by atoms with Gasteiger partial charge in [-0.15, -0.1) is 0 Å². The van der Waals surface area contributed by atoms with Crippen molar-refractivity contribution in [2.75, 3.05) is 11.9 Å². The molecule has 4 heteroatoms. The fraction of sp³-hybridized carbons (Fsp3) is 0.278. The van der Waals surface area contributed by atoms with E-state index in [4.69, 9.17) is 11.6 Å². The van der Waals surface area contributed by atoms with E-state index in [-0.39, 0.29) is 5.91 Å². The molecule has 116 valence electrons. The van der Waals surface area contributed by atoms with Crippen LogP contribution < -0.4 is 10.6 Å². The van der Waals surface area contributed by atoms with Crippen molar-refractivity contribution in [2.45, 2.75) is 26.3 Å². The number of halogens is 1. The molecule has 2 rings (SSSR count). The van der Waals surface area contributed by atoms with Crippen molar-refractivity contribution in [3.63, 3.8) is 0 Å². The zero-order chi connectivity index (χ0) is 15.9. The number of carbonyl (C=O) groups excluding carboxylic acids is 1. The molecule has 0 spiro atoms. The summed E-state index contributed by atoms with van der Waals surface area (Å²) in [4.78, 5) is 11.0. The van der Waals surface area contributed by atoms with Crippen molar-refractivity contribution in [2.24, 2.45) is 0 Å². The van der Waals surface area contributed by atoms with E-state index in [1.54, 1.807) is 0 Å². The highest BCUT2D eigenvalue weighted by molar-refractivity contribution is 6.30. The maximum Gasteiger partial charge on any atom is 0.221 e. The molecular weight excluding hydrogens is 296 g/mol. The van der Waals surface area contributed by atoms with Crippen LogP contribution >= 0.6 is 11.6 Å². The molecule has 22 heavy (non-hydrogen) atoms. The van der Waals surface area contributed by atoms with Crippen LogP contribution in [-0.2, 0) is 11.3 Å². The molecule has 1 amide bonds. The van der Waals surface area contributed by atoms with Gasteiger partial charge in [0, 0.05) is 30.7 Å². The maximum absolute atomic E-state index is 11.0. The first-order valence-corrected chi connectivity index (χ1v) is 7.75. The first-order valence-electron chi connectivity index (χ1n) is 7.37. The normalized spacial score (nSPS) is 12.0. The molecule has 0 aromatic heterocycles. The van der Waals surface area contributed by atoms with Crippen molar-refractivity contribution in [3.05, 3.63) is 64.7 Å².